The van der Waals surface area contributed by atoms with Gasteiger partial charge in [-0.25, -0.2) is 15.0 Å². The Morgan fingerprint density at radius 2 is 2.03 bits per heavy atom. The number of pyridine rings is 2. The van der Waals surface area contributed by atoms with E-state index >= 15 is 0 Å². The molecule has 1 saturated carbocycles. The van der Waals surface area contributed by atoms with Gasteiger partial charge < -0.3 is 15.2 Å². The van der Waals surface area contributed by atoms with E-state index < -0.39 is 0 Å². The lowest BCUT2D eigenvalue weighted by molar-refractivity contribution is 0.382. The highest BCUT2D eigenvalue weighted by atomic mass is 15.3. The molecule has 7 rings (SSSR count). The van der Waals surface area contributed by atoms with Gasteiger partial charge in [-0.2, -0.15) is 0 Å². The summed E-state index contributed by atoms with van der Waals surface area (Å²) in [5.41, 5.74) is 5.28. The number of nitrogens with one attached hydrogen (secondary N) is 2. The Morgan fingerprint density at radius 3 is 2.94 bits per heavy atom. The van der Waals surface area contributed by atoms with Crippen LogP contribution < -0.4 is 10.2 Å². The second-order valence-electron chi connectivity index (χ2n) is 9.59. The van der Waals surface area contributed by atoms with Crippen molar-refractivity contribution >= 4 is 27.8 Å². The maximum atomic E-state index is 5.29. The lowest BCUT2D eigenvalue weighted by atomic mass is 9.99. The van der Waals surface area contributed by atoms with Crippen molar-refractivity contribution < 1.29 is 0 Å². The van der Waals surface area contributed by atoms with Crippen molar-refractivity contribution in [3.8, 4) is 11.4 Å². The van der Waals surface area contributed by atoms with Gasteiger partial charge in [-0.15, -0.1) is 0 Å². The van der Waals surface area contributed by atoms with Crippen LogP contribution in [-0.4, -0.2) is 50.1 Å². The first-order valence-corrected chi connectivity index (χ1v) is 11.9. The van der Waals surface area contributed by atoms with Gasteiger partial charge in [-0.05, 0) is 69.2 Å². The third-order valence-corrected chi connectivity index (χ3v) is 7.44. The van der Waals surface area contributed by atoms with Gasteiger partial charge in [-0.1, -0.05) is 0 Å². The second-order valence-corrected chi connectivity index (χ2v) is 9.59. The molecular formula is C25H27N7. The summed E-state index contributed by atoms with van der Waals surface area (Å²) in [6.45, 7) is 4.23. The number of nitrogens with zero attached hydrogens (tertiary/aromatic N) is 5. The summed E-state index contributed by atoms with van der Waals surface area (Å²) in [7, 11) is 0. The Bertz CT molecular complexity index is 1340. The number of anilines is 1. The third-order valence-electron chi connectivity index (χ3n) is 7.44. The SMILES string of the molecule is Cc1cc2c(-c3nc(N4CCC5NCCCC54)c4c(C5CC5)cncc4n3)ccnc2[nH]1. The van der Waals surface area contributed by atoms with Crippen LogP contribution >= 0.6 is 0 Å². The first-order valence-electron chi connectivity index (χ1n) is 11.9. The van der Waals surface area contributed by atoms with Crippen molar-refractivity contribution in [2.75, 3.05) is 18.0 Å². The molecule has 2 aliphatic heterocycles. The number of aromatic nitrogens is 5. The van der Waals surface area contributed by atoms with Crippen molar-refractivity contribution in [2.24, 2.45) is 0 Å². The minimum atomic E-state index is 0.502. The van der Waals surface area contributed by atoms with E-state index in [1.165, 1.54) is 43.1 Å². The molecule has 7 heteroatoms. The molecule has 2 saturated heterocycles. The fourth-order valence-electron chi connectivity index (χ4n) is 5.78. The predicted octanol–water partition coefficient (Wildman–Crippen LogP) is 4.08. The molecule has 0 bridgehead atoms. The maximum absolute atomic E-state index is 5.29. The molecular weight excluding hydrogens is 398 g/mol. The first-order chi connectivity index (χ1) is 15.8. The van der Waals surface area contributed by atoms with E-state index in [1.807, 2.05) is 18.5 Å². The number of aromatic amines is 1. The number of H-pyrrole nitrogens is 1. The molecule has 3 fully saturated rings. The number of fused-ring (bicyclic) bond motifs is 3. The van der Waals surface area contributed by atoms with E-state index in [4.69, 9.17) is 9.97 Å². The van der Waals surface area contributed by atoms with Gasteiger partial charge in [0.2, 0.25) is 0 Å². The topological polar surface area (TPSA) is 82.6 Å². The van der Waals surface area contributed by atoms with Crippen molar-refractivity contribution in [1.29, 1.82) is 0 Å². The molecule has 32 heavy (non-hydrogen) atoms. The van der Waals surface area contributed by atoms with Gasteiger partial charge in [0.15, 0.2) is 5.82 Å². The minimum Gasteiger partial charge on any atom is -0.351 e. The van der Waals surface area contributed by atoms with Crippen LogP contribution in [-0.2, 0) is 0 Å². The molecule has 162 valence electrons. The zero-order valence-electron chi connectivity index (χ0n) is 18.3. The average molecular weight is 426 g/mol. The number of rotatable bonds is 3. The van der Waals surface area contributed by atoms with Gasteiger partial charge in [0.1, 0.15) is 11.5 Å². The molecule has 2 N–H and O–H groups in total. The van der Waals surface area contributed by atoms with Crippen molar-refractivity contribution in [2.45, 2.75) is 57.0 Å². The molecule has 4 aromatic rings. The summed E-state index contributed by atoms with van der Waals surface area (Å²) < 4.78 is 0. The van der Waals surface area contributed by atoms with E-state index in [1.54, 1.807) is 0 Å². The van der Waals surface area contributed by atoms with Gasteiger partial charge in [-0.3, -0.25) is 4.98 Å². The molecule has 2 atom stereocenters. The molecule has 0 amide bonds. The number of piperidine rings is 1. The van der Waals surface area contributed by atoms with E-state index in [2.05, 4.69) is 44.4 Å². The predicted molar refractivity (Wildman–Crippen MR) is 126 cm³/mol. The van der Waals surface area contributed by atoms with Crippen LogP contribution in [0.4, 0.5) is 5.82 Å². The largest absolute Gasteiger partial charge is 0.351 e. The van der Waals surface area contributed by atoms with E-state index in [0.717, 1.165) is 52.5 Å². The molecule has 2 unspecified atom stereocenters. The Hall–Kier alpha value is -3.06. The summed E-state index contributed by atoms with van der Waals surface area (Å²) >= 11 is 0. The smallest absolute Gasteiger partial charge is 0.163 e. The van der Waals surface area contributed by atoms with Crippen LogP contribution in [0, 0.1) is 6.92 Å². The molecule has 0 radical (unpaired) electrons. The van der Waals surface area contributed by atoms with E-state index in [-0.39, 0.29) is 0 Å². The normalized spacial score (nSPS) is 23.2. The number of hydrogen-bond donors (Lipinski definition) is 2. The van der Waals surface area contributed by atoms with Crippen LogP contribution in [0.25, 0.3) is 33.3 Å². The van der Waals surface area contributed by atoms with Crippen LogP contribution in [0.2, 0.25) is 0 Å². The highest BCUT2D eigenvalue weighted by Gasteiger charge is 2.38. The fourth-order valence-corrected chi connectivity index (χ4v) is 5.78. The molecule has 0 spiro atoms. The monoisotopic (exact) mass is 425 g/mol. The molecule has 0 aromatic carbocycles. The number of aryl methyl sites for hydroxylation is 1. The van der Waals surface area contributed by atoms with Crippen LogP contribution in [0.15, 0.2) is 30.7 Å². The first kappa shape index (κ1) is 18.5. The highest BCUT2D eigenvalue weighted by molar-refractivity contribution is 5.97. The Labute approximate surface area is 186 Å². The maximum Gasteiger partial charge on any atom is 0.163 e. The lowest BCUT2D eigenvalue weighted by Crippen LogP contribution is -2.47. The molecule has 6 heterocycles. The lowest BCUT2D eigenvalue weighted by Gasteiger charge is -2.34. The summed E-state index contributed by atoms with van der Waals surface area (Å²) in [5, 5.41) is 6.03. The van der Waals surface area contributed by atoms with Gasteiger partial charge in [0.05, 0.1) is 11.7 Å². The zero-order valence-corrected chi connectivity index (χ0v) is 18.3. The minimum absolute atomic E-state index is 0.502. The molecule has 7 nitrogen and oxygen atoms in total. The van der Waals surface area contributed by atoms with Gasteiger partial charge in [0.25, 0.3) is 0 Å². The summed E-state index contributed by atoms with van der Waals surface area (Å²) in [6, 6.07) is 5.24. The van der Waals surface area contributed by atoms with E-state index in [9.17, 15) is 0 Å². The van der Waals surface area contributed by atoms with Crippen LogP contribution in [0.3, 0.4) is 0 Å². The summed E-state index contributed by atoms with van der Waals surface area (Å²) in [4.78, 5) is 25.4. The molecule has 4 aromatic heterocycles. The van der Waals surface area contributed by atoms with Gasteiger partial charge in [0, 0.05) is 53.1 Å². The quantitative estimate of drug-likeness (QED) is 0.515. The van der Waals surface area contributed by atoms with E-state index in [0.29, 0.717) is 18.0 Å². The van der Waals surface area contributed by atoms with Crippen molar-refractivity contribution in [1.82, 2.24) is 30.2 Å². The molecule has 3 aliphatic rings. The Kier molecular flexibility index (Phi) is 4.03. The summed E-state index contributed by atoms with van der Waals surface area (Å²) in [6.07, 6.45) is 11.9. The van der Waals surface area contributed by atoms with Crippen molar-refractivity contribution in [3.05, 3.63) is 42.0 Å². The van der Waals surface area contributed by atoms with Crippen LogP contribution in [0.5, 0.6) is 0 Å². The Balaban J connectivity index is 1.47. The fraction of sp³-hybridized carbons (Fsp3) is 0.440. The van der Waals surface area contributed by atoms with Crippen molar-refractivity contribution in [3.63, 3.8) is 0 Å². The third kappa shape index (κ3) is 2.84. The average Bonchev–Trinajstić information content (AvgIpc) is 3.46. The zero-order chi connectivity index (χ0) is 21.2. The molecule has 1 aliphatic carbocycles. The standard InChI is InChI=1S/C25H27N7/c1-14-11-17-16(6-9-28-23(17)29-14)24-30-20-13-26-12-18(15-4-5-15)22(20)25(31-24)32-10-7-19-21(32)3-2-8-27-19/h6,9,11-13,15,19,21,27H,2-5,7-8,10H2,1H3,(H,28,29). The van der Waals surface area contributed by atoms with Crippen LogP contribution in [0.1, 0.15) is 49.3 Å². The highest BCUT2D eigenvalue weighted by Crippen LogP contribution is 2.46. The van der Waals surface area contributed by atoms with Gasteiger partial charge >= 0.3 is 0 Å². The Morgan fingerprint density at radius 1 is 1.09 bits per heavy atom. The number of hydrogen-bond acceptors (Lipinski definition) is 6. The summed E-state index contributed by atoms with van der Waals surface area (Å²) in [5.74, 6) is 2.46. The second kappa shape index (κ2) is 6.97.